The van der Waals surface area contributed by atoms with Crippen LogP contribution in [0.2, 0.25) is 0 Å². The molecule has 3 aromatic rings. The Balaban J connectivity index is 1.41. The second kappa shape index (κ2) is 6.68. The van der Waals surface area contributed by atoms with E-state index in [-0.39, 0.29) is 11.8 Å². The highest BCUT2D eigenvalue weighted by Gasteiger charge is 2.55. The minimum absolute atomic E-state index is 0.285. The summed E-state index contributed by atoms with van der Waals surface area (Å²) in [5.74, 6) is -0.700. The Labute approximate surface area is 171 Å². The fourth-order valence-corrected chi connectivity index (χ4v) is 4.61. The molecule has 2 bridgehead atoms. The first-order valence-corrected chi connectivity index (χ1v) is 9.80. The number of carbonyl (C=O) groups excluding carboxylic acids is 2. The van der Waals surface area contributed by atoms with Crippen LogP contribution in [0.15, 0.2) is 36.9 Å². The lowest BCUT2D eigenvalue weighted by Gasteiger charge is -2.52. The van der Waals surface area contributed by atoms with Gasteiger partial charge in [-0.15, -0.1) is 0 Å². The number of nitrogens with two attached hydrogens (primary N) is 1. The number of ether oxygens (including phenoxy) is 1. The van der Waals surface area contributed by atoms with Gasteiger partial charge in [-0.25, -0.2) is 9.97 Å². The minimum Gasteiger partial charge on any atom is -0.468 e. The van der Waals surface area contributed by atoms with Crippen LogP contribution in [0, 0.1) is 5.92 Å². The number of H-pyrrole nitrogens is 2. The van der Waals surface area contributed by atoms with E-state index < -0.39 is 17.6 Å². The number of nitrogens with one attached hydrogen (secondary N) is 3. The molecule has 10 nitrogen and oxygen atoms in total. The van der Waals surface area contributed by atoms with Crippen molar-refractivity contribution in [2.75, 3.05) is 18.4 Å². The third-order valence-corrected chi connectivity index (χ3v) is 5.96. The normalized spacial score (nSPS) is 25.0. The van der Waals surface area contributed by atoms with Gasteiger partial charge in [0.15, 0.2) is 11.2 Å². The minimum atomic E-state index is -0.907. The van der Waals surface area contributed by atoms with Gasteiger partial charge in [-0.3, -0.25) is 9.59 Å². The molecule has 0 radical (unpaired) electrons. The predicted molar refractivity (Wildman–Crippen MR) is 106 cm³/mol. The lowest BCUT2D eigenvalue weighted by Crippen LogP contribution is -2.65. The number of hydrogen-bond acceptors (Lipinski definition) is 6. The smallest absolute Gasteiger partial charge is 0.260 e. The van der Waals surface area contributed by atoms with Gasteiger partial charge < -0.3 is 25.7 Å². The summed E-state index contributed by atoms with van der Waals surface area (Å²) >= 11 is 0. The zero-order valence-electron chi connectivity index (χ0n) is 16.4. The van der Waals surface area contributed by atoms with E-state index in [1.165, 1.54) is 0 Å². The van der Waals surface area contributed by atoms with Gasteiger partial charge in [0.05, 0.1) is 19.4 Å². The van der Waals surface area contributed by atoms with Crippen molar-refractivity contribution in [3.8, 4) is 5.75 Å². The Morgan fingerprint density at radius 3 is 3.10 bits per heavy atom. The summed E-state index contributed by atoms with van der Waals surface area (Å²) in [5, 5.41) is 3.26. The zero-order valence-corrected chi connectivity index (χ0v) is 16.4. The molecule has 2 amide bonds. The summed E-state index contributed by atoms with van der Waals surface area (Å²) in [5.41, 5.74) is 6.99. The van der Waals surface area contributed by atoms with Crippen LogP contribution in [0.25, 0.3) is 11.2 Å². The van der Waals surface area contributed by atoms with Crippen LogP contribution in [0.1, 0.15) is 24.8 Å². The number of imidazole rings is 1. The Morgan fingerprint density at radius 1 is 1.43 bits per heavy atom. The first-order chi connectivity index (χ1) is 14.5. The number of carbonyl (C=O) groups is 2. The van der Waals surface area contributed by atoms with E-state index in [4.69, 9.17) is 10.5 Å². The number of aromatic amines is 2. The van der Waals surface area contributed by atoms with Crippen LogP contribution in [0.5, 0.6) is 5.75 Å². The number of hydrogen-bond donors (Lipinski definition) is 3. The fraction of sp³-hybridized carbons (Fsp3) is 0.350. The van der Waals surface area contributed by atoms with Gasteiger partial charge in [0.25, 0.3) is 5.65 Å². The van der Waals surface area contributed by atoms with Crippen LogP contribution < -0.4 is 20.8 Å². The molecule has 2 aliphatic rings. The number of primary amides is 1. The highest BCUT2D eigenvalue weighted by atomic mass is 16.5. The van der Waals surface area contributed by atoms with Crippen molar-refractivity contribution in [2.24, 2.45) is 11.7 Å². The van der Waals surface area contributed by atoms with Crippen molar-refractivity contribution in [3.05, 3.63) is 42.5 Å². The third-order valence-electron chi connectivity index (χ3n) is 5.96. The number of benzene rings is 1. The first kappa shape index (κ1) is 18.3. The molecule has 2 aromatic heterocycles. The van der Waals surface area contributed by atoms with E-state index in [9.17, 15) is 9.59 Å². The molecule has 3 atom stereocenters. The maximum atomic E-state index is 13.3. The summed E-state index contributed by atoms with van der Waals surface area (Å²) in [6, 6.07) is 7.52. The first-order valence-electron chi connectivity index (χ1n) is 9.80. The van der Waals surface area contributed by atoms with Crippen molar-refractivity contribution in [1.82, 2.24) is 19.9 Å². The molecule has 1 aromatic carbocycles. The van der Waals surface area contributed by atoms with E-state index in [2.05, 4.69) is 25.3 Å². The summed E-state index contributed by atoms with van der Waals surface area (Å²) in [6.07, 6.45) is 3.63. The quantitative estimate of drug-likeness (QED) is 0.522. The van der Waals surface area contributed by atoms with E-state index in [0.717, 1.165) is 11.1 Å². The SMILES string of the molecule is C[C@@]12C[C@@H](c3ccccc3O1)[C@H](C(N)=O)C(=O)N2CCNc1[nH+]cnc2nc[nH]c12. The van der Waals surface area contributed by atoms with Crippen LogP contribution in [0.4, 0.5) is 5.82 Å². The standard InChI is InChI=1S/C20H21N7O3/c1-20-8-12(11-4-2-3-5-13(11)30-20)14(16(21)28)19(29)27(20)7-6-22-17-15-18(24-9-23-15)26-10-25-17/h2-5,9-10,12,14H,6-8H2,1H3,(H2,21,28)(H2,22,23,24,25,26)/p+1/t12-,14+,20-/m0/s1. The Morgan fingerprint density at radius 2 is 2.27 bits per heavy atom. The number of nitrogens with zero attached hydrogens (tertiary/aromatic N) is 3. The largest absolute Gasteiger partial charge is 0.468 e. The number of amides is 2. The Kier molecular flexibility index (Phi) is 4.09. The van der Waals surface area contributed by atoms with Gasteiger partial charge in [0.1, 0.15) is 11.7 Å². The average Bonchev–Trinajstić information content (AvgIpc) is 3.19. The van der Waals surface area contributed by atoms with E-state index in [0.29, 0.717) is 36.7 Å². The number of para-hydroxylation sites is 1. The van der Waals surface area contributed by atoms with E-state index in [1.807, 2.05) is 31.2 Å². The lowest BCUT2D eigenvalue weighted by atomic mass is 9.73. The Hall–Kier alpha value is -3.69. The number of rotatable bonds is 5. The summed E-state index contributed by atoms with van der Waals surface area (Å²) in [4.78, 5) is 41.5. The molecular weight excluding hydrogens is 386 g/mol. The molecule has 5 rings (SSSR count). The molecule has 2 aliphatic heterocycles. The van der Waals surface area contributed by atoms with Gasteiger partial charge in [-0.2, -0.15) is 0 Å². The molecule has 0 unspecified atom stereocenters. The third kappa shape index (κ3) is 2.75. The molecule has 30 heavy (non-hydrogen) atoms. The molecule has 154 valence electrons. The average molecular weight is 408 g/mol. The van der Waals surface area contributed by atoms with Crippen molar-refractivity contribution in [3.63, 3.8) is 0 Å². The molecule has 4 heterocycles. The van der Waals surface area contributed by atoms with Crippen molar-refractivity contribution in [2.45, 2.75) is 25.0 Å². The van der Waals surface area contributed by atoms with Crippen LogP contribution in [-0.4, -0.2) is 50.5 Å². The van der Waals surface area contributed by atoms with Crippen LogP contribution >= 0.6 is 0 Å². The number of piperidine rings is 1. The van der Waals surface area contributed by atoms with Crippen molar-refractivity contribution in [1.29, 1.82) is 0 Å². The molecule has 0 aliphatic carbocycles. The predicted octanol–water partition coefficient (Wildman–Crippen LogP) is 0.410. The lowest BCUT2D eigenvalue weighted by molar-refractivity contribution is -0.364. The Bertz CT molecular complexity index is 1150. The molecule has 5 N–H and O–H groups in total. The van der Waals surface area contributed by atoms with Gasteiger partial charge in [0, 0.05) is 12.3 Å². The summed E-state index contributed by atoms with van der Waals surface area (Å²) in [6.45, 7) is 2.65. The zero-order chi connectivity index (χ0) is 20.9. The van der Waals surface area contributed by atoms with Gasteiger partial charge in [0.2, 0.25) is 24.0 Å². The number of fused-ring (bicyclic) bond motifs is 5. The summed E-state index contributed by atoms with van der Waals surface area (Å²) < 4.78 is 6.25. The molecule has 10 heteroatoms. The molecule has 1 saturated heterocycles. The number of aromatic nitrogens is 4. The molecule has 0 spiro atoms. The van der Waals surface area contributed by atoms with Crippen molar-refractivity contribution >= 4 is 28.8 Å². The highest BCUT2D eigenvalue weighted by molar-refractivity contribution is 6.01. The van der Waals surface area contributed by atoms with Crippen LogP contribution in [-0.2, 0) is 9.59 Å². The highest BCUT2D eigenvalue weighted by Crippen LogP contribution is 2.49. The second-order valence-corrected chi connectivity index (χ2v) is 7.80. The number of likely N-dealkylation sites (tertiary alicyclic amines) is 1. The summed E-state index contributed by atoms with van der Waals surface area (Å²) in [7, 11) is 0. The molecular formula is C20H22N7O3+. The van der Waals surface area contributed by atoms with Crippen LogP contribution in [0.3, 0.4) is 0 Å². The maximum absolute atomic E-state index is 13.3. The number of anilines is 1. The molecule has 1 fully saturated rings. The monoisotopic (exact) mass is 408 g/mol. The maximum Gasteiger partial charge on any atom is 0.260 e. The van der Waals surface area contributed by atoms with Gasteiger partial charge >= 0.3 is 0 Å². The van der Waals surface area contributed by atoms with E-state index in [1.54, 1.807) is 17.6 Å². The molecule has 0 saturated carbocycles. The van der Waals surface area contributed by atoms with Gasteiger partial charge in [-0.05, 0) is 18.6 Å². The van der Waals surface area contributed by atoms with Gasteiger partial charge in [-0.1, -0.05) is 23.2 Å². The second-order valence-electron chi connectivity index (χ2n) is 7.80. The fourth-order valence-electron chi connectivity index (χ4n) is 4.61. The topological polar surface area (TPSA) is 140 Å². The van der Waals surface area contributed by atoms with E-state index >= 15 is 0 Å². The van der Waals surface area contributed by atoms with Crippen molar-refractivity contribution < 1.29 is 19.3 Å².